The molecule has 0 aliphatic carbocycles. The van der Waals surface area contributed by atoms with E-state index in [9.17, 15) is 4.79 Å². The normalized spacial score (nSPS) is 27.6. The summed E-state index contributed by atoms with van der Waals surface area (Å²) >= 11 is 0. The molecular formula is C18H32N2O4. The predicted molar refractivity (Wildman–Crippen MR) is 91.0 cm³/mol. The minimum atomic E-state index is 0.125. The monoisotopic (exact) mass is 340 g/mol. The molecule has 24 heavy (non-hydrogen) atoms. The van der Waals surface area contributed by atoms with Gasteiger partial charge in [0.1, 0.15) is 0 Å². The summed E-state index contributed by atoms with van der Waals surface area (Å²) in [7, 11) is 3.63. The van der Waals surface area contributed by atoms with Crippen molar-refractivity contribution in [2.75, 3.05) is 60.2 Å². The zero-order valence-corrected chi connectivity index (χ0v) is 15.2. The van der Waals surface area contributed by atoms with Crippen LogP contribution in [0.15, 0.2) is 0 Å². The number of ether oxygens (including phenoxy) is 3. The zero-order chi connectivity index (χ0) is 17.0. The van der Waals surface area contributed by atoms with Crippen LogP contribution in [-0.2, 0) is 14.2 Å². The van der Waals surface area contributed by atoms with Gasteiger partial charge in [-0.25, -0.2) is 4.79 Å². The molecule has 3 aliphatic rings. The number of nitrogens with zero attached hydrogens (tertiary/aromatic N) is 2. The van der Waals surface area contributed by atoms with Crippen LogP contribution in [0.5, 0.6) is 0 Å². The first-order valence-corrected chi connectivity index (χ1v) is 9.31. The fraction of sp³-hybridized carbons (Fsp3) is 0.944. The Hall–Kier alpha value is -0.850. The molecule has 0 radical (unpaired) electrons. The smallest absolute Gasteiger partial charge is 0.319 e. The molecule has 0 aromatic heterocycles. The number of hydrogen-bond donors (Lipinski definition) is 0. The van der Waals surface area contributed by atoms with Crippen molar-refractivity contribution in [3.05, 3.63) is 0 Å². The van der Waals surface area contributed by atoms with Crippen LogP contribution < -0.4 is 0 Å². The van der Waals surface area contributed by atoms with Gasteiger partial charge < -0.3 is 24.0 Å². The summed E-state index contributed by atoms with van der Waals surface area (Å²) in [5, 5.41) is 0. The molecule has 6 nitrogen and oxygen atoms in total. The van der Waals surface area contributed by atoms with E-state index < -0.39 is 0 Å². The molecule has 138 valence electrons. The van der Waals surface area contributed by atoms with Crippen molar-refractivity contribution in [3.8, 4) is 0 Å². The number of rotatable bonds is 4. The average molecular weight is 340 g/mol. The highest BCUT2D eigenvalue weighted by atomic mass is 16.5. The lowest BCUT2D eigenvalue weighted by Gasteiger charge is -2.39. The summed E-state index contributed by atoms with van der Waals surface area (Å²) in [6.45, 7) is 5.80. The largest absolute Gasteiger partial charge is 0.381 e. The molecule has 0 aromatic rings. The second-order valence-electron chi connectivity index (χ2n) is 7.89. The first-order chi connectivity index (χ1) is 11.6. The number of urea groups is 1. The SMILES string of the molecule is CN(C)C(=O)N1CCC2(CC1)CO[C@H](COCC1CCOCC1)C2. The summed E-state index contributed by atoms with van der Waals surface area (Å²) in [6, 6.07) is 0.125. The molecule has 3 aliphatic heterocycles. The summed E-state index contributed by atoms with van der Waals surface area (Å²) < 4.78 is 17.3. The number of piperidine rings is 1. The predicted octanol–water partition coefficient (Wildman–Crippen LogP) is 1.98. The molecule has 0 unspecified atom stereocenters. The molecule has 2 amide bonds. The van der Waals surface area contributed by atoms with Gasteiger partial charge in [-0.3, -0.25) is 0 Å². The second-order valence-corrected chi connectivity index (χ2v) is 7.89. The van der Waals surface area contributed by atoms with Gasteiger partial charge in [-0.2, -0.15) is 0 Å². The van der Waals surface area contributed by atoms with Crippen molar-refractivity contribution in [2.24, 2.45) is 11.3 Å². The van der Waals surface area contributed by atoms with E-state index in [4.69, 9.17) is 14.2 Å². The van der Waals surface area contributed by atoms with E-state index in [1.165, 1.54) is 0 Å². The fourth-order valence-electron chi connectivity index (χ4n) is 4.09. The lowest BCUT2D eigenvalue weighted by molar-refractivity contribution is -0.0182. The fourth-order valence-corrected chi connectivity index (χ4v) is 4.09. The Kier molecular flexibility index (Phi) is 6.00. The lowest BCUT2D eigenvalue weighted by atomic mass is 9.77. The lowest BCUT2D eigenvalue weighted by Crippen LogP contribution is -2.47. The van der Waals surface area contributed by atoms with E-state index in [2.05, 4.69) is 0 Å². The Morgan fingerprint density at radius 3 is 2.58 bits per heavy atom. The van der Waals surface area contributed by atoms with E-state index in [0.29, 0.717) is 12.5 Å². The van der Waals surface area contributed by atoms with Crippen molar-refractivity contribution in [1.29, 1.82) is 0 Å². The van der Waals surface area contributed by atoms with Crippen molar-refractivity contribution in [1.82, 2.24) is 9.80 Å². The highest BCUT2D eigenvalue weighted by molar-refractivity contribution is 5.73. The van der Waals surface area contributed by atoms with Crippen LogP contribution in [0.25, 0.3) is 0 Å². The van der Waals surface area contributed by atoms with Gasteiger partial charge >= 0.3 is 6.03 Å². The van der Waals surface area contributed by atoms with Gasteiger partial charge in [0.15, 0.2) is 0 Å². The molecule has 0 aromatic carbocycles. The van der Waals surface area contributed by atoms with E-state index in [1.807, 2.05) is 19.0 Å². The molecule has 6 heteroatoms. The summed E-state index contributed by atoms with van der Waals surface area (Å²) in [5.74, 6) is 0.648. The van der Waals surface area contributed by atoms with Crippen LogP contribution in [-0.4, -0.2) is 82.2 Å². The van der Waals surface area contributed by atoms with E-state index >= 15 is 0 Å². The maximum absolute atomic E-state index is 12.0. The molecule has 1 spiro atoms. The number of likely N-dealkylation sites (tertiary alicyclic amines) is 1. The molecule has 0 bridgehead atoms. The topological polar surface area (TPSA) is 51.2 Å². The summed E-state index contributed by atoms with van der Waals surface area (Å²) in [6.07, 6.45) is 5.62. The maximum atomic E-state index is 12.0. The molecule has 3 rings (SSSR count). The third kappa shape index (κ3) is 4.41. The van der Waals surface area contributed by atoms with Gasteiger partial charge in [0.05, 0.1) is 19.3 Å². The molecule has 3 heterocycles. The Morgan fingerprint density at radius 1 is 1.21 bits per heavy atom. The molecule has 3 saturated heterocycles. The second kappa shape index (κ2) is 8.02. The number of amides is 2. The molecular weight excluding hydrogens is 308 g/mol. The van der Waals surface area contributed by atoms with Gasteiger partial charge in [0.2, 0.25) is 0 Å². The van der Waals surface area contributed by atoms with Crippen LogP contribution in [0.2, 0.25) is 0 Å². The van der Waals surface area contributed by atoms with Crippen LogP contribution in [0.1, 0.15) is 32.1 Å². The van der Waals surface area contributed by atoms with Gasteiger partial charge in [-0.1, -0.05) is 0 Å². The van der Waals surface area contributed by atoms with E-state index in [-0.39, 0.29) is 17.6 Å². The maximum Gasteiger partial charge on any atom is 0.319 e. The highest BCUT2D eigenvalue weighted by Crippen LogP contribution is 2.42. The van der Waals surface area contributed by atoms with Crippen molar-refractivity contribution in [2.45, 2.75) is 38.2 Å². The van der Waals surface area contributed by atoms with Gasteiger partial charge in [-0.15, -0.1) is 0 Å². The Morgan fingerprint density at radius 2 is 1.92 bits per heavy atom. The quantitative estimate of drug-likeness (QED) is 0.785. The van der Waals surface area contributed by atoms with Crippen molar-refractivity contribution < 1.29 is 19.0 Å². The highest BCUT2D eigenvalue weighted by Gasteiger charge is 2.43. The third-order valence-corrected chi connectivity index (χ3v) is 5.76. The van der Waals surface area contributed by atoms with Gasteiger partial charge in [0.25, 0.3) is 0 Å². The first-order valence-electron chi connectivity index (χ1n) is 9.31. The van der Waals surface area contributed by atoms with E-state index in [1.54, 1.807) is 4.90 Å². The number of carbonyl (C=O) groups excluding carboxylic acids is 1. The molecule has 0 N–H and O–H groups in total. The van der Waals surface area contributed by atoms with Crippen LogP contribution in [0.3, 0.4) is 0 Å². The first kappa shape index (κ1) is 18.0. The van der Waals surface area contributed by atoms with Crippen LogP contribution in [0, 0.1) is 11.3 Å². The van der Waals surface area contributed by atoms with Gasteiger partial charge in [0, 0.05) is 47.0 Å². The Labute approximate surface area is 145 Å². The molecule has 3 fully saturated rings. The average Bonchev–Trinajstić information content (AvgIpc) is 2.98. The number of hydrogen-bond acceptors (Lipinski definition) is 4. The standard InChI is InChI=1S/C18H32N2O4/c1-19(2)17(21)20-7-5-18(6-8-20)11-16(24-14-18)13-23-12-15-3-9-22-10-4-15/h15-16H,3-14H2,1-2H3/t16-/m0/s1. The van der Waals surface area contributed by atoms with E-state index in [0.717, 1.165) is 71.6 Å². The van der Waals surface area contributed by atoms with Gasteiger partial charge in [-0.05, 0) is 43.4 Å². The van der Waals surface area contributed by atoms with Crippen LogP contribution >= 0.6 is 0 Å². The van der Waals surface area contributed by atoms with Crippen LogP contribution in [0.4, 0.5) is 4.79 Å². The number of carbonyl (C=O) groups is 1. The minimum absolute atomic E-state index is 0.125. The van der Waals surface area contributed by atoms with Crippen molar-refractivity contribution in [3.63, 3.8) is 0 Å². The minimum Gasteiger partial charge on any atom is -0.381 e. The molecule has 0 saturated carbocycles. The molecule has 1 atom stereocenters. The Balaban J connectivity index is 1.37. The third-order valence-electron chi connectivity index (χ3n) is 5.76. The Bertz CT molecular complexity index is 415. The van der Waals surface area contributed by atoms with Crippen molar-refractivity contribution >= 4 is 6.03 Å². The summed E-state index contributed by atoms with van der Waals surface area (Å²) in [4.78, 5) is 15.7. The summed E-state index contributed by atoms with van der Waals surface area (Å²) in [5.41, 5.74) is 0.260. The zero-order valence-electron chi connectivity index (χ0n) is 15.2.